The van der Waals surface area contributed by atoms with E-state index in [0.29, 0.717) is 37.7 Å². The van der Waals surface area contributed by atoms with Crippen LogP contribution in [0.3, 0.4) is 0 Å². The van der Waals surface area contributed by atoms with Crippen LogP contribution >= 0.6 is 0 Å². The van der Waals surface area contributed by atoms with Gasteiger partial charge in [-0.2, -0.15) is 0 Å². The van der Waals surface area contributed by atoms with Gasteiger partial charge in [0.1, 0.15) is 5.60 Å². The number of rotatable bonds is 6. The Labute approximate surface area is 245 Å². The molecule has 42 heavy (non-hydrogen) atoms. The van der Waals surface area contributed by atoms with Crippen molar-refractivity contribution in [3.63, 3.8) is 0 Å². The number of carbonyl (C=O) groups excluding carboxylic acids is 2. The topological polar surface area (TPSA) is 139 Å². The molecular formula is C30H38N8O4. The second-order valence-corrected chi connectivity index (χ2v) is 11.5. The van der Waals surface area contributed by atoms with Crippen LogP contribution in [-0.2, 0) is 9.47 Å². The molecule has 1 aromatic carbocycles. The third-order valence-corrected chi connectivity index (χ3v) is 7.35. The largest absolute Gasteiger partial charge is 0.444 e. The fourth-order valence-electron chi connectivity index (χ4n) is 5.08. The molecule has 4 heterocycles. The highest BCUT2D eigenvalue weighted by Gasteiger charge is 2.32. The number of anilines is 4. The van der Waals surface area contributed by atoms with Gasteiger partial charge in [-0.05, 0) is 45.4 Å². The van der Waals surface area contributed by atoms with Crippen LogP contribution in [0.5, 0.6) is 0 Å². The summed E-state index contributed by atoms with van der Waals surface area (Å²) in [4.78, 5) is 44.8. The molecule has 2 aliphatic heterocycles. The van der Waals surface area contributed by atoms with Crippen LogP contribution in [0.4, 0.5) is 27.7 Å². The lowest BCUT2D eigenvalue weighted by atomic mass is 10.1. The minimum absolute atomic E-state index is 0.0404. The smallest absolute Gasteiger partial charge is 0.410 e. The van der Waals surface area contributed by atoms with E-state index in [1.165, 1.54) is 0 Å². The highest BCUT2D eigenvalue weighted by Crippen LogP contribution is 2.28. The molecular weight excluding hydrogens is 536 g/mol. The summed E-state index contributed by atoms with van der Waals surface area (Å²) >= 11 is 0. The SMILES string of the molecule is CN(c1ccc(-c2cnc(N)c(C(=O)Nc3cnccc3N3CCOCC3)n2)cc1)[C@@H]1CCN(C(=O)OC(C)(C)C)C1. The molecule has 1 atom stereocenters. The maximum absolute atomic E-state index is 13.3. The molecule has 3 aromatic rings. The molecule has 12 nitrogen and oxygen atoms in total. The van der Waals surface area contributed by atoms with E-state index in [2.05, 4.69) is 30.1 Å². The molecule has 0 unspecified atom stereocenters. The van der Waals surface area contributed by atoms with Crippen molar-refractivity contribution in [1.82, 2.24) is 19.9 Å². The van der Waals surface area contributed by atoms with Crippen molar-refractivity contribution in [2.24, 2.45) is 0 Å². The summed E-state index contributed by atoms with van der Waals surface area (Å²) in [5, 5.41) is 2.91. The molecule has 2 amide bonds. The Balaban J connectivity index is 1.27. The Morgan fingerprint density at radius 2 is 1.83 bits per heavy atom. The van der Waals surface area contributed by atoms with Crippen molar-refractivity contribution in [1.29, 1.82) is 0 Å². The number of nitrogen functional groups attached to an aromatic ring is 1. The average molecular weight is 575 g/mol. The van der Waals surface area contributed by atoms with Crippen LogP contribution in [0.25, 0.3) is 11.3 Å². The van der Waals surface area contributed by atoms with E-state index < -0.39 is 11.5 Å². The quantitative estimate of drug-likeness (QED) is 0.448. The number of amides is 2. The minimum atomic E-state index is -0.521. The number of hydrogen-bond acceptors (Lipinski definition) is 10. The molecule has 0 aliphatic carbocycles. The molecule has 2 aliphatic rings. The van der Waals surface area contributed by atoms with Crippen LogP contribution in [-0.4, -0.2) is 89.9 Å². The molecule has 3 N–H and O–H groups in total. The fourth-order valence-corrected chi connectivity index (χ4v) is 5.08. The van der Waals surface area contributed by atoms with E-state index >= 15 is 0 Å². The maximum Gasteiger partial charge on any atom is 0.410 e. The van der Waals surface area contributed by atoms with E-state index in [1.807, 2.05) is 58.2 Å². The van der Waals surface area contributed by atoms with Crippen LogP contribution < -0.4 is 20.9 Å². The summed E-state index contributed by atoms with van der Waals surface area (Å²) in [6.45, 7) is 9.55. The van der Waals surface area contributed by atoms with E-state index in [4.69, 9.17) is 15.2 Å². The first-order valence-electron chi connectivity index (χ1n) is 14.1. The maximum atomic E-state index is 13.3. The van der Waals surface area contributed by atoms with Gasteiger partial charge in [0.2, 0.25) is 0 Å². The number of ether oxygens (including phenoxy) is 2. The second kappa shape index (κ2) is 12.2. The van der Waals surface area contributed by atoms with Crippen molar-refractivity contribution in [2.45, 2.75) is 38.8 Å². The highest BCUT2D eigenvalue weighted by atomic mass is 16.6. The first-order chi connectivity index (χ1) is 20.1. The number of pyridine rings is 1. The van der Waals surface area contributed by atoms with Gasteiger partial charge < -0.3 is 35.2 Å². The molecule has 2 saturated heterocycles. The van der Waals surface area contributed by atoms with Crippen LogP contribution in [0.15, 0.2) is 48.9 Å². The van der Waals surface area contributed by atoms with Gasteiger partial charge in [-0.15, -0.1) is 0 Å². The van der Waals surface area contributed by atoms with Crippen LogP contribution in [0, 0.1) is 0 Å². The molecule has 2 fully saturated rings. The second-order valence-electron chi connectivity index (χ2n) is 11.5. The number of nitrogens with one attached hydrogen (secondary N) is 1. The highest BCUT2D eigenvalue weighted by molar-refractivity contribution is 6.07. The van der Waals surface area contributed by atoms with Crippen molar-refractivity contribution >= 4 is 34.9 Å². The third-order valence-electron chi connectivity index (χ3n) is 7.35. The van der Waals surface area contributed by atoms with Gasteiger partial charge in [0.25, 0.3) is 5.91 Å². The zero-order valence-electron chi connectivity index (χ0n) is 24.5. The predicted octanol–water partition coefficient (Wildman–Crippen LogP) is 3.66. The van der Waals surface area contributed by atoms with Crippen LogP contribution in [0.2, 0.25) is 0 Å². The lowest BCUT2D eigenvalue weighted by molar-refractivity contribution is 0.0292. The Kier molecular flexibility index (Phi) is 8.44. The summed E-state index contributed by atoms with van der Waals surface area (Å²) in [6, 6.07) is 9.90. The Bertz CT molecular complexity index is 1420. The molecule has 0 radical (unpaired) electrons. The van der Waals surface area contributed by atoms with E-state index in [9.17, 15) is 9.59 Å². The molecule has 0 spiro atoms. The molecule has 0 saturated carbocycles. The van der Waals surface area contributed by atoms with E-state index in [0.717, 1.165) is 36.4 Å². The van der Waals surface area contributed by atoms with Gasteiger partial charge in [0, 0.05) is 56.7 Å². The Hall–Kier alpha value is -4.45. The van der Waals surface area contributed by atoms with Gasteiger partial charge in [-0.3, -0.25) is 9.78 Å². The van der Waals surface area contributed by atoms with Crippen molar-refractivity contribution < 1.29 is 19.1 Å². The number of nitrogens with zero attached hydrogens (tertiary/aromatic N) is 6. The molecule has 12 heteroatoms. The summed E-state index contributed by atoms with van der Waals surface area (Å²) in [6.07, 6.45) is 5.44. The minimum Gasteiger partial charge on any atom is -0.444 e. The number of likely N-dealkylation sites (tertiary alicyclic amines) is 1. The Morgan fingerprint density at radius 1 is 1.10 bits per heavy atom. The van der Waals surface area contributed by atoms with Gasteiger partial charge >= 0.3 is 6.09 Å². The zero-order valence-corrected chi connectivity index (χ0v) is 24.5. The summed E-state index contributed by atoms with van der Waals surface area (Å²) < 4.78 is 11.0. The van der Waals surface area contributed by atoms with Crippen LogP contribution in [0.1, 0.15) is 37.7 Å². The molecule has 5 rings (SSSR count). The number of aromatic nitrogens is 3. The third kappa shape index (κ3) is 6.71. The van der Waals surface area contributed by atoms with Gasteiger partial charge in [-0.1, -0.05) is 12.1 Å². The zero-order chi connectivity index (χ0) is 29.9. The van der Waals surface area contributed by atoms with Gasteiger partial charge in [0.05, 0.1) is 42.7 Å². The number of hydrogen-bond donors (Lipinski definition) is 2. The summed E-state index contributed by atoms with van der Waals surface area (Å²) in [7, 11) is 2.02. The molecule has 0 bridgehead atoms. The normalized spacial score (nSPS) is 17.2. The lowest BCUT2D eigenvalue weighted by Gasteiger charge is -2.30. The number of morpholine rings is 1. The number of benzene rings is 1. The van der Waals surface area contributed by atoms with E-state index in [1.54, 1.807) is 23.5 Å². The number of likely N-dealkylation sites (N-methyl/N-ethyl adjacent to an activating group) is 1. The summed E-state index contributed by atoms with van der Waals surface area (Å²) in [5.41, 5.74) is 9.36. The standard InChI is InChI=1S/C30H38N8O4/c1-30(2,3)42-29(40)38-12-10-22(19-38)36(4)21-7-5-20(6-8-21)23-18-33-27(31)26(34-23)28(39)35-24-17-32-11-9-25(24)37-13-15-41-16-14-37/h5-9,11,17-18,22H,10,12-16,19H2,1-4H3,(H2,31,33)(H,35,39)/t22-/m1/s1. The van der Waals surface area contributed by atoms with Gasteiger partial charge in [-0.25, -0.2) is 14.8 Å². The number of nitrogens with two attached hydrogens (primary N) is 1. The summed E-state index contributed by atoms with van der Waals surface area (Å²) in [5.74, 6) is -0.420. The fraction of sp³-hybridized carbons (Fsp3) is 0.433. The first kappa shape index (κ1) is 29.1. The van der Waals surface area contributed by atoms with E-state index in [-0.39, 0.29) is 23.6 Å². The van der Waals surface area contributed by atoms with Crippen molar-refractivity contribution in [3.8, 4) is 11.3 Å². The van der Waals surface area contributed by atoms with Crippen molar-refractivity contribution in [3.05, 3.63) is 54.6 Å². The molecule has 2 aromatic heterocycles. The van der Waals surface area contributed by atoms with Crippen molar-refractivity contribution in [2.75, 3.05) is 67.3 Å². The Morgan fingerprint density at radius 3 is 2.55 bits per heavy atom. The average Bonchev–Trinajstić information content (AvgIpc) is 3.48. The lowest BCUT2D eigenvalue weighted by Crippen LogP contribution is -2.39. The van der Waals surface area contributed by atoms with Gasteiger partial charge in [0.15, 0.2) is 11.5 Å². The first-order valence-corrected chi connectivity index (χ1v) is 14.1. The predicted molar refractivity (Wildman–Crippen MR) is 162 cm³/mol. The number of carbonyl (C=O) groups is 2. The molecule has 222 valence electrons. The monoisotopic (exact) mass is 574 g/mol.